The minimum atomic E-state index is -0.356. The van der Waals surface area contributed by atoms with Crippen LogP contribution in [0.5, 0.6) is 0 Å². The molecule has 0 bridgehead atoms. The van der Waals surface area contributed by atoms with Crippen LogP contribution < -0.4 is 5.32 Å². The molecule has 0 heterocycles. The minimum Gasteiger partial charge on any atom is -0.396 e. The first-order chi connectivity index (χ1) is 10.2. The highest BCUT2D eigenvalue weighted by molar-refractivity contribution is 6.07. The Kier molecular flexibility index (Phi) is 5.25. The normalized spacial score (nSPS) is 12.3. The lowest BCUT2D eigenvalue weighted by Crippen LogP contribution is -2.38. The molecule has 2 aromatic rings. The molecule has 5 heteroatoms. The number of amides is 1. The van der Waals surface area contributed by atoms with Gasteiger partial charge >= 0.3 is 0 Å². The van der Waals surface area contributed by atoms with Gasteiger partial charge in [0.05, 0.1) is 12.6 Å². The summed E-state index contributed by atoms with van der Waals surface area (Å²) in [5.41, 5.74) is 0.408. The van der Waals surface area contributed by atoms with Crippen molar-refractivity contribution in [2.75, 3.05) is 20.3 Å². The number of carbonyl (C=O) groups is 1. The second kappa shape index (κ2) is 7.15. The van der Waals surface area contributed by atoms with Crippen molar-refractivity contribution >= 4 is 16.7 Å². The second-order valence-electron chi connectivity index (χ2n) is 4.78. The molecule has 1 unspecified atom stereocenters. The Morgan fingerprint density at radius 3 is 2.67 bits per heavy atom. The lowest BCUT2D eigenvalue weighted by molar-refractivity contribution is 0.0880. The van der Waals surface area contributed by atoms with Crippen molar-refractivity contribution in [1.82, 2.24) is 5.32 Å². The Hall–Kier alpha value is -1.98. The van der Waals surface area contributed by atoms with Gasteiger partial charge in [-0.05, 0) is 23.9 Å². The molecule has 0 aliphatic rings. The van der Waals surface area contributed by atoms with E-state index in [0.29, 0.717) is 29.4 Å². The summed E-state index contributed by atoms with van der Waals surface area (Å²) in [5, 5.41) is 12.8. The maximum atomic E-state index is 13.7. The molecule has 2 N–H and O–H groups in total. The highest BCUT2D eigenvalue weighted by Crippen LogP contribution is 2.21. The molecule has 0 fully saturated rings. The summed E-state index contributed by atoms with van der Waals surface area (Å²) in [7, 11) is 1.53. The second-order valence-corrected chi connectivity index (χ2v) is 4.78. The number of nitrogens with one attached hydrogen (secondary N) is 1. The molecule has 0 aliphatic carbocycles. The third kappa shape index (κ3) is 3.56. The van der Waals surface area contributed by atoms with Crippen LogP contribution in [0.1, 0.15) is 16.8 Å². The maximum absolute atomic E-state index is 13.7. The van der Waals surface area contributed by atoms with Crippen molar-refractivity contribution < 1.29 is 19.0 Å². The monoisotopic (exact) mass is 291 g/mol. The van der Waals surface area contributed by atoms with Crippen LogP contribution in [-0.2, 0) is 4.74 Å². The minimum absolute atomic E-state index is 0.0432. The summed E-state index contributed by atoms with van der Waals surface area (Å²) in [4.78, 5) is 12.4. The van der Waals surface area contributed by atoms with E-state index >= 15 is 0 Å². The fourth-order valence-electron chi connectivity index (χ4n) is 2.28. The number of fused-ring (bicyclic) bond motifs is 1. The van der Waals surface area contributed by atoms with Crippen LogP contribution in [0.4, 0.5) is 4.39 Å². The fourth-order valence-corrected chi connectivity index (χ4v) is 2.28. The molecule has 0 saturated heterocycles. The molecule has 0 saturated carbocycles. The lowest BCUT2D eigenvalue weighted by Gasteiger charge is -2.17. The molecule has 21 heavy (non-hydrogen) atoms. The highest BCUT2D eigenvalue weighted by Gasteiger charge is 2.16. The first-order valence-electron chi connectivity index (χ1n) is 6.75. The molecule has 0 aliphatic heterocycles. The van der Waals surface area contributed by atoms with Crippen LogP contribution in [0.2, 0.25) is 0 Å². The van der Waals surface area contributed by atoms with Crippen molar-refractivity contribution in [1.29, 1.82) is 0 Å². The zero-order valence-electron chi connectivity index (χ0n) is 11.8. The number of rotatable bonds is 6. The molecular weight excluding hydrogens is 273 g/mol. The van der Waals surface area contributed by atoms with Crippen LogP contribution in [0, 0.1) is 5.82 Å². The van der Waals surface area contributed by atoms with Crippen LogP contribution in [0.15, 0.2) is 36.4 Å². The van der Waals surface area contributed by atoms with Gasteiger partial charge in [-0.3, -0.25) is 4.79 Å². The van der Waals surface area contributed by atoms with Gasteiger partial charge < -0.3 is 15.2 Å². The first kappa shape index (κ1) is 15.4. The molecular formula is C16H18FNO3. The van der Waals surface area contributed by atoms with Crippen LogP contribution in [0.3, 0.4) is 0 Å². The largest absolute Gasteiger partial charge is 0.396 e. The van der Waals surface area contributed by atoms with Gasteiger partial charge in [0, 0.05) is 24.7 Å². The first-order valence-corrected chi connectivity index (χ1v) is 6.75. The van der Waals surface area contributed by atoms with Gasteiger partial charge in [0.2, 0.25) is 0 Å². The van der Waals surface area contributed by atoms with E-state index in [2.05, 4.69) is 5.32 Å². The molecule has 0 radical (unpaired) electrons. The van der Waals surface area contributed by atoms with E-state index in [0.717, 1.165) is 0 Å². The molecule has 4 nitrogen and oxygen atoms in total. The van der Waals surface area contributed by atoms with Crippen molar-refractivity contribution in [3.63, 3.8) is 0 Å². The van der Waals surface area contributed by atoms with Crippen LogP contribution in [0.25, 0.3) is 10.8 Å². The lowest BCUT2D eigenvalue weighted by atomic mass is 10.0. The number of hydrogen-bond acceptors (Lipinski definition) is 3. The van der Waals surface area contributed by atoms with E-state index in [-0.39, 0.29) is 24.4 Å². The SMILES string of the molecule is COCC(CCO)NC(=O)c1ccc(F)c2ccccc12. The van der Waals surface area contributed by atoms with E-state index in [9.17, 15) is 9.18 Å². The van der Waals surface area contributed by atoms with Crippen LogP contribution >= 0.6 is 0 Å². The summed E-state index contributed by atoms with van der Waals surface area (Å²) < 4.78 is 18.8. The van der Waals surface area contributed by atoms with Gasteiger partial charge in [-0.2, -0.15) is 0 Å². The zero-order valence-corrected chi connectivity index (χ0v) is 11.8. The number of ether oxygens (including phenoxy) is 1. The Balaban J connectivity index is 2.29. The summed E-state index contributed by atoms with van der Waals surface area (Å²) in [6.07, 6.45) is 0.401. The predicted octanol–water partition coefficient (Wildman–Crippen LogP) is 2.11. The molecule has 0 aromatic heterocycles. The molecule has 1 amide bonds. The Bertz CT molecular complexity index is 624. The fraction of sp³-hybridized carbons (Fsp3) is 0.312. The van der Waals surface area contributed by atoms with Gasteiger partial charge in [0.15, 0.2) is 0 Å². The van der Waals surface area contributed by atoms with E-state index in [4.69, 9.17) is 9.84 Å². The van der Waals surface area contributed by atoms with Gasteiger partial charge in [0.1, 0.15) is 5.82 Å². The number of aliphatic hydroxyl groups excluding tert-OH is 1. The highest BCUT2D eigenvalue weighted by atomic mass is 19.1. The Labute approximate surface area is 122 Å². The third-order valence-electron chi connectivity index (χ3n) is 3.30. The standard InChI is InChI=1S/C16H18FNO3/c1-21-10-11(8-9-19)18-16(20)14-6-7-15(17)13-5-3-2-4-12(13)14/h2-7,11,19H,8-10H2,1H3,(H,18,20). The van der Waals surface area contributed by atoms with E-state index < -0.39 is 0 Å². The zero-order chi connectivity index (χ0) is 15.2. The maximum Gasteiger partial charge on any atom is 0.252 e. The van der Waals surface area contributed by atoms with Crippen LogP contribution in [-0.4, -0.2) is 37.4 Å². The number of benzene rings is 2. The smallest absolute Gasteiger partial charge is 0.252 e. The number of hydrogen-bond donors (Lipinski definition) is 2. The van der Waals surface area contributed by atoms with Crippen molar-refractivity contribution in [2.45, 2.75) is 12.5 Å². The van der Waals surface area contributed by atoms with Gasteiger partial charge in [-0.15, -0.1) is 0 Å². The summed E-state index contributed by atoms with van der Waals surface area (Å²) in [5.74, 6) is -0.660. The van der Waals surface area contributed by atoms with Gasteiger partial charge in [0.25, 0.3) is 5.91 Å². The van der Waals surface area contributed by atoms with Gasteiger partial charge in [-0.1, -0.05) is 24.3 Å². The number of aliphatic hydroxyl groups is 1. The van der Waals surface area contributed by atoms with Crippen molar-refractivity contribution in [3.05, 3.63) is 47.8 Å². The topological polar surface area (TPSA) is 58.6 Å². The number of halogens is 1. The molecule has 0 spiro atoms. The Morgan fingerprint density at radius 2 is 2.00 bits per heavy atom. The molecule has 2 rings (SSSR count). The Morgan fingerprint density at radius 1 is 1.29 bits per heavy atom. The van der Waals surface area contributed by atoms with E-state index in [1.54, 1.807) is 24.3 Å². The van der Waals surface area contributed by atoms with E-state index in [1.165, 1.54) is 19.2 Å². The van der Waals surface area contributed by atoms with Crippen molar-refractivity contribution in [3.8, 4) is 0 Å². The number of carbonyl (C=O) groups excluding carboxylic acids is 1. The summed E-state index contributed by atoms with van der Waals surface area (Å²) in [6, 6.07) is 9.32. The average Bonchev–Trinajstić information content (AvgIpc) is 2.48. The van der Waals surface area contributed by atoms with Crippen molar-refractivity contribution in [2.24, 2.45) is 0 Å². The molecule has 112 valence electrons. The quantitative estimate of drug-likeness (QED) is 0.857. The van der Waals surface area contributed by atoms with E-state index in [1.807, 2.05) is 0 Å². The number of methoxy groups -OCH3 is 1. The van der Waals surface area contributed by atoms with Gasteiger partial charge in [-0.25, -0.2) is 4.39 Å². The third-order valence-corrected chi connectivity index (χ3v) is 3.30. The molecule has 2 aromatic carbocycles. The molecule has 1 atom stereocenters. The predicted molar refractivity (Wildman–Crippen MR) is 78.7 cm³/mol. The average molecular weight is 291 g/mol. The summed E-state index contributed by atoms with van der Waals surface area (Å²) >= 11 is 0. The summed E-state index contributed by atoms with van der Waals surface area (Å²) in [6.45, 7) is 0.268.